The second kappa shape index (κ2) is 7.37. The molecule has 1 saturated heterocycles. The predicted molar refractivity (Wildman–Crippen MR) is 106 cm³/mol. The minimum Gasteiger partial charge on any atom is -0.370 e. The van der Waals surface area contributed by atoms with Crippen molar-refractivity contribution in [3.63, 3.8) is 0 Å². The lowest BCUT2D eigenvalue weighted by atomic mass is 10.2. The van der Waals surface area contributed by atoms with E-state index in [0.29, 0.717) is 18.8 Å². The molecule has 2 aromatic rings. The minimum atomic E-state index is -3.66. The molecule has 0 bridgehead atoms. The first kappa shape index (κ1) is 18.6. The fourth-order valence-corrected chi connectivity index (χ4v) is 4.70. The molecule has 0 unspecified atom stereocenters. The molecule has 0 radical (unpaired) electrons. The number of fused-ring (bicyclic) bond motifs is 1. The van der Waals surface area contributed by atoms with Crippen LogP contribution in [0, 0.1) is 0 Å². The van der Waals surface area contributed by atoms with Crippen LogP contribution in [0.2, 0.25) is 0 Å². The van der Waals surface area contributed by atoms with Gasteiger partial charge in [-0.3, -0.25) is 14.5 Å². The van der Waals surface area contributed by atoms with Gasteiger partial charge in [0.25, 0.3) is 0 Å². The second-order valence-corrected chi connectivity index (χ2v) is 8.65. The minimum absolute atomic E-state index is 0.108. The largest absolute Gasteiger partial charge is 0.370 e. The number of rotatable bonds is 6. The SMILES string of the molecule is O=C1CCC(=O)N1c1ccc(S(=O)(=O)NCCN2CCc3ccccc32)cc1. The van der Waals surface area contributed by atoms with Crippen molar-refractivity contribution in [3.8, 4) is 0 Å². The van der Waals surface area contributed by atoms with Crippen LogP contribution in [0.1, 0.15) is 18.4 Å². The van der Waals surface area contributed by atoms with Crippen LogP contribution in [-0.2, 0) is 26.0 Å². The summed E-state index contributed by atoms with van der Waals surface area (Å²) in [6.07, 6.45) is 1.36. The van der Waals surface area contributed by atoms with Crippen molar-refractivity contribution in [1.82, 2.24) is 4.72 Å². The quantitative estimate of drug-likeness (QED) is 0.747. The van der Waals surface area contributed by atoms with Gasteiger partial charge >= 0.3 is 0 Å². The van der Waals surface area contributed by atoms with Crippen molar-refractivity contribution in [1.29, 1.82) is 0 Å². The Balaban J connectivity index is 1.39. The van der Waals surface area contributed by atoms with Crippen LogP contribution in [0.25, 0.3) is 0 Å². The first-order valence-electron chi connectivity index (χ1n) is 9.24. The lowest BCUT2D eigenvalue weighted by Crippen LogP contribution is -2.34. The zero-order valence-electron chi connectivity index (χ0n) is 15.3. The topological polar surface area (TPSA) is 86.8 Å². The highest BCUT2D eigenvalue weighted by Gasteiger charge is 2.30. The van der Waals surface area contributed by atoms with Gasteiger partial charge in [0.1, 0.15) is 0 Å². The average molecular weight is 399 g/mol. The number of sulfonamides is 1. The van der Waals surface area contributed by atoms with E-state index in [4.69, 9.17) is 0 Å². The van der Waals surface area contributed by atoms with Gasteiger partial charge in [-0.2, -0.15) is 0 Å². The maximum absolute atomic E-state index is 12.5. The zero-order chi connectivity index (χ0) is 19.7. The van der Waals surface area contributed by atoms with Crippen LogP contribution in [0.4, 0.5) is 11.4 Å². The third-order valence-corrected chi connectivity index (χ3v) is 6.59. The molecule has 0 aliphatic carbocycles. The average Bonchev–Trinajstić information content (AvgIpc) is 3.25. The van der Waals surface area contributed by atoms with Gasteiger partial charge in [-0.25, -0.2) is 13.1 Å². The van der Waals surface area contributed by atoms with E-state index in [9.17, 15) is 18.0 Å². The van der Waals surface area contributed by atoms with Gasteiger partial charge in [0.05, 0.1) is 10.6 Å². The second-order valence-electron chi connectivity index (χ2n) is 6.88. The molecule has 28 heavy (non-hydrogen) atoms. The highest BCUT2D eigenvalue weighted by atomic mass is 32.2. The van der Waals surface area contributed by atoms with Gasteiger partial charge in [0.15, 0.2) is 0 Å². The molecule has 8 heteroatoms. The molecule has 0 spiro atoms. The van der Waals surface area contributed by atoms with Gasteiger partial charge in [0, 0.05) is 38.2 Å². The number of para-hydroxylation sites is 1. The lowest BCUT2D eigenvalue weighted by Gasteiger charge is -2.19. The van der Waals surface area contributed by atoms with E-state index < -0.39 is 10.0 Å². The van der Waals surface area contributed by atoms with Gasteiger partial charge in [-0.1, -0.05) is 18.2 Å². The van der Waals surface area contributed by atoms with Crippen molar-refractivity contribution >= 4 is 33.2 Å². The summed E-state index contributed by atoms with van der Waals surface area (Å²) in [6, 6.07) is 14.0. The predicted octanol–water partition coefficient (Wildman–Crippen LogP) is 1.68. The molecule has 2 aliphatic heterocycles. The van der Waals surface area contributed by atoms with E-state index in [-0.39, 0.29) is 29.6 Å². The Hall–Kier alpha value is -2.71. The molecule has 7 nitrogen and oxygen atoms in total. The molecule has 2 heterocycles. The molecular weight excluding hydrogens is 378 g/mol. The van der Waals surface area contributed by atoms with Crippen LogP contribution in [0.15, 0.2) is 53.4 Å². The van der Waals surface area contributed by atoms with Crippen molar-refractivity contribution in [2.75, 3.05) is 29.4 Å². The number of anilines is 2. The molecule has 2 aromatic carbocycles. The molecule has 2 aliphatic rings. The fraction of sp³-hybridized carbons (Fsp3) is 0.300. The molecule has 1 fully saturated rings. The molecule has 0 saturated carbocycles. The van der Waals surface area contributed by atoms with Crippen LogP contribution in [0.5, 0.6) is 0 Å². The van der Waals surface area contributed by atoms with E-state index in [1.165, 1.54) is 29.8 Å². The highest BCUT2D eigenvalue weighted by Crippen LogP contribution is 2.27. The van der Waals surface area contributed by atoms with E-state index in [2.05, 4.69) is 21.8 Å². The van der Waals surface area contributed by atoms with Crippen molar-refractivity contribution in [3.05, 3.63) is 54.1 Å². The standard InChI is InChI=1S/C20H21N3O4S/c24-19-9-10-20(25)23(19)16-5-7-17(8-6-16)28(26,27)21-12-14-22-13-11-15-3-1-2-4-18(15)22/h1-8,21H,9-14H2. The van der Waals surface area contributed by atoms with Gasteiger partial charge < -0.3 is 4.90 Å². The zero-order valence-corrected chi connectivity index (χ0v) is 16.1. The molecule has 0 atom stereocenters. The monoisotopic (exact) mass is 399 g/mol. The number of imide groups is 1. The number of amides is 2. The Kier molecular flexibility index (Phi) is 4.91. The number of nitrogens with zero attached hydrogens (tertiary/aromatic N) is 2. The smallest absolute Gasteiger partial charge is 0.240 e. The van der Waals surface area contributed by atoms with Gasteiger partial charge in [-0.15, -0.1) is 0 Å². The summed E-state index contributed by atoms with van der Waals surface area (Å²) in [6.45, 7) is 1.76. The Bertz CT molecular complexity index is 1000. The summed E-state index contributed by atoms with van der Waals surface area (Å²) in [4.78, 5) is 27.0. The number of hydrogen-bond acceptors (Lipinski definition) is 5. The maximum Gasteiger partial charge on any atom is 0.240 e. The Labute approximate surface area is 164 Å². The molecule has 0 aromatic heterocycles. The molecular formula is C20H21N3O4S. The summed E-state index contributed by atoms with van der Waals surface area (Å²) >= 11 is 0. The Morgan fingerprint density at radius 3 is 2.29 bits per heavy atom. The summed E-state index contributed by atoms with van der Waals surface area (Å²) < 4.78 is 27.7. The summed E-state index contributed by atoms with van der Waals surface area (Å²) in [5, 5.41) is 0. The van der Waals surface area contributed by atoms with E-state index in [0.717, 1.165) is 23.6 Å². The van der Waals surface area contributed by atoms with Crippen molar-refractivity contribution in [2.24, 2.45) is 0 Å². The normalized spacial score (nSPS) is 16.7. The van der Waals surface area contributed by atoms with Crippen LogP contribution in [-0.4, -0.2) is 39.9 Å². The van der Waals surface area contributed by atoms with Crippen LogP contribution >= 0.6 is 0 Å². The van der Waals surface area contributed by atoms with E-state index in [1.54, 1.807) is 0 Å². The van der Waals surface area contributed by atoms with Gasteiger partial charge in [-0.05, 0) is 42.3 Å². The Morgan fingerprint density at radius 1 is 0.893 bits per heavy atom. The Morgan fingerprint density at radius 2 is 1.57 bits per heavy atom. The first-order valence-corrected chi connectivity index (χ1v) is 10.7. The fourth-order valence-electron chi connectivity index (χ4n) is 3.68. The third kappa shape index (κ3) is 3.53. The number of carbonyl (C=O) groups is 2. The molecule has 2 amide bonds. The van der Waals surface area contributed by atoms with Crippen LogP contribution < -0.4 is 14.5 Å². The highest BCUT2D eigenvalue weighted by molar-refractivity contribution is 7.89. The van der Waals surface area contributed by atoms with Crippen LogP contribution in [0.3, 0.4) is 0 Å². The van der Waals surface area contributed by atoms with Crippen molar-refractivity contribution in [2.45, 2.75) is 24.2 Å². The summed E-state index contributed by atoms with van der Waals surface area (Å²) in [5.74, 6) is -0.519. The number of carbonyl (C=O) groups excluding carboxylic acids is 2. The summed E-state index contributed by atoms with van der Waals surface area (Å²) in [7, 11) is -3.66. The number of hydrogen-bond donors (Lipinski definition) is 1. The third-order valence-electron chi connectivity index (χ3n) is 5.11. The van der Waals surface area contributed by atoms with Crippen molar-refractivity contribution < 1.29 is 18.0 Å². The van der Waals surface area contributed by atoms with Gasteiger partial charge in [0.2, 0.25) is 21.8 Å². The van der Waals surface area contributed by atoms with E-state index >= 15 is 0 Å². The molecule has 146 valence electrons. The van der Waals surface area contributed by atoms with E-state index in [1.807, 2.05) is 12.1 Å². The first-order chi connectivity index (χ1) is 13.5. The number of nitrogens with one attached hydrogen (secondary N) is 1. The maximum atomic E-state index is 12.5. The lowest BCUT2D eigenvalue weighted by molar-refractivity contribution is -0.121. The molecule has 4 rings (SSSR count). The number of benzene rings is 2. The molecule has 1 N–H and O–H groups in total. The summed E-state index contributed by atoms with van der Waals surface area (Å²) in [5.41, 5.74) is 2.85.